The Morgan fingerprint density at radius 2 is 1.78 bits per heavy atom. The van der Waals surface area contributed by atoms with Crippen molar-refractivity contribution in [2.45, 2.75) is 0 Å². The van der Waals surface area contributed by atoms with Crippen LogP contribution in [0, 0.1) is 0 Å². The van der Waals surface area contributed by atoms with E-state index >= 15 is 0 Å². The Balaban J connectivity index is 2.19. The van der Waals surface area contributed by atoms with Crippen molar-refractivity contribution in [3.05, 3.63) is 60.2 Å². The monoisotopic (exact) mass is 261 g/mol. The lowest BCUT2D eigenvalue weighted by molar-refractivity contribution is 0.0697. The third kappa shape index (κ3) is 2.93. The summed E-state index contributed by atoms with van der Waals surface area (Å²) in [6, 6.07) is 14.7. The smallest absolute Gasteiger partial charge is 0.478 e. The van der Waals surface area contributed by atoms with Crippen molar-refractivity contribution in [3.63, 3.8) is 0 Å². The van der Waals surface area contributed by atoms with Crippen LogP contribution in [0.25, 0.3) is 0 Å². The number of carbonyl (C=O) groups is 1. The minimum Gasteiger partial charge on any atom is -0.478 e. The molecule has 0 bridgehead atoms. The second-order valence-corrected chi connectivity index (χ2v) is 4.73. The molecular weight excluding hydrogens is 251 g/mol. The summed E-state index contributed by atoms with van der Waals surface area (Å²) in [6.07, 6.45) is 0. The van der Waals surface area contributed by atoms with Crippen LogP contribution in [-0.2, 0) is 4.57 Å². The van der Waals surface area contributed by atoms with E-state index in [4.69, 9.17) is 9.63 Å². The predicted octanol–water partition coefficient (Wildman–Crippen LogP) is 2.83. The van der Waals surface area contributed by atoms with Crippen LogP contribution in [0.4, 0.5) is 0 Å². The number of hydrogen-bond acceptors (Lipinski definition) is 3. The van der Waals surface area contributed by atoms with E-state index in [1.807, 2.05) is 6.07 Å². The highest BCUT2D eigenvalue weighted by molar-refractivity contribution is 7.48. The van der Waals surface area contributed by atoms with Gasteiger partial charge in [-0.05, 0) is 28.8 Å². The van der Waals surface area contributed by atoms with E-state index in [0.29, 0.717) is 11.1 Å². The molecule has 90 valence electrons. The van der Waals surface area contributed by atoms with Crippen LogP contribution in [0.1, 0.15) is 10.4 Å². The van der Waals surface area contributed by atoms with Gasteiger partial charge >= 0.3 is 14.0 Å². The molecule has 0 spiro atoms. The van der Waals surface area contributed by atoms with Gasteiger partial charge in [-0.25, -0.2) is 4.79 Å². The van der Waals surface area contributed by atoms with Gasteiger partial charge in [0.1, 0.15) is 0 Å². The van der Waals surface area contributed by atoms with Crippen LogP contribution < -0.4 is 9.83 Å². The highest BCUT2D eigenvalue weighted by Crippen LogP contribution is 2.26. The average molecular weight is 261 g/mol. The van der Waals surface area contributed by atoms with Crippen LogP contribution >= 0.6 is 8.03 Å². The van der Waals surface area contributed by atoms with Gasteiger partial charge in [-0.3, -0.25) is 4.52 Å². The number of benzene rings is 2. The van der Waals surface area contributed by atoms with Crippen molar-refractivity contribution in [1.29, 1.82) is 0 Å². The summed E-state index contributed by atoms with van der Waals surface area (Å²) >= 11 is 0. The molecule has 4 nitrogen and oxygen atoms in total. The molecule has 2 aromatic rings. The van der Waals surface area contributed by atoms with Gasteiger partial charge in [-0.1, -0.05) is 24.3 Å². The molecule has 0 heterocycles. The van der Waals surface area contributed by atoms with Gasteiger partial charge in [0.15, 0.2) is 5.75 Å². The largest absolute Gasteiger partial charge is 0.597 e. The van der Waals surface area contributed by atoms with Crippen LogP contribution in [-0.4, -0.2) is 11.1 Å². The Morgan fingerprint density at radius 3 is 2.44 bits per heavy atom. The Morgan fingerprint density at radius 1 is 1.06 bits per heavy atom. The van der Waals surface area contributed by atoms with Crippen molar-refractivity contribution in [3.8, 4) is 5.75 Å². The van der Waals surface area contributed by atoms with Gasteiger partial charge in [-0.15, -0.1) is 0 Å². The van der Waals surface area contributed by atoms with E-state index in [-0.39, 0.29) is 5.56 Å². The molecule has 1 N–H and O–H groups in total. The van der Waals surface area contributed by atoms with Gasteiger partial charge in [0.25, 0.3) is 0 Å². The highest BCUT2D eigenvalue weighted by Gasteiger charge is 2.24. The second kappa shape index (κ2) is 5.43. The van der Waals surface area contributed by atoms with E-state index in [2.05, 4.69) is 0 Å². The summed E-state index contributed by atoms with van der Waals surface area (Å²) in [4.78, 5) is 10.8. The lowest BCUT2D eigenvalue weighted by atomic mass is 10.2. The Labute approximate surface area is 105 Å². The molecule has 2 rings (SSSR count). The molecule has 0 aliphatic carbocycles. The zero-order valence-electron chi connectivity index (χ0n) is 9.32. The normalized spacial score (nSPS) is 10.8. The first-order valence-electron chi connectivity index (χ1n) is 5.20. The maximum absolute atomic E-state index is 11.9. The number of carboxylic acid groups (broad SMARTS) is 1. The number of rotatable bonds is 4. The fraction of sp³-hybridized carbons (Fsp3) is 0. The zero-order chi connectivity index (χ0) is 13.0. The first kappa shape index (κ1) is 12.3. The predicted molar refractivity (Wildman–Crippen MR) is 67.7 cm³/mol. The van der Waals surface area contributed by atoms with Crippen molar-refractivity contribution in [2.75, 3.05) is 0 Å². The van der Waals surface area contributed by atoms with Crippen molar-refractivity contribution >= 4 is 19.3 Å². The molecule has 0 aliphatic heterocycles. The molecule has 18 heavy (non-hydrogen) atoms. The Bertz CT molecular complexity index is 581. The summed E-state index contributed by atoms with van der Waals surface area (Å²) in [7, 11) is -2.11. The molecule has 0 amide bonds. The van der Waals surface area contributed by atoms with Gasteiger partial charge in [0, 0.05) is 6.07 Å². The van der Waals surface area contributed by atoms with Crippen molar-refractivity contribution in [2.24, 2.45) is 0 Å². The molecule has 0 aliphatic rings. The van der Waals surface area contributed by atoms with Crippen molar-refractivity contribution < 1.29 is 19.0 Å². The van der Waals surface area contributed by atoms with E-state index in [1.165, 1.54) is 12.1 Å². The molecule has 0 fully saturated rings. The Kier molecular flexibility index (Phi) is 3.70. The third-order valence-corrected chi connectivity index (χ3v) is 3.31. The summed E-state index contributed by atoms with van der Waals surface area (Å²) < 4.78 is 17.2. The van der Waals surface area contributed by atoms with Gasteiger partial charge < -0.3 is 5.11 Å². The summed E-state index contributed by atoms with van der Waals surface area (Å²) in [6.45, 7) is 0. The third-order valence-electron chi connectivity index (χ3n) is 2.24. The molecule has 0 radical (unpaired) electrons. The first-order chi connectivity index (χ1) is 8.66. The fourth-order valence-corrected chi connectivity index (χ4v) is 2.25. The number of hydrogen-bond donors (Lipinski definition) is 1. The average Bonchev–Trinajstić information content (AvgIpc) is 2.40. The second-order valence-electron chi connectivity index (χ2n) is 3.52. The molecule has 1 atom stereocenters. The molecular formula is C13H10O4P+. The lowest BCUT2D eigenvalue weighted by Crippen LogP contribution is -2.05. The van der Waals surface area contributed by atoms with Crippen molar-refractivity contribution in [1.82, 2.24) is 0 Å². The SMILES string of the molecule is O=C(O)c1cccc([P+](=O)Oc2ccccc2)c1. The Hall–Kier alpha value is -2.19. The van der Waals surface area contributed by atoms with Crippen LogP contribution in [0.15, 0.2) is 54.6 Å². The minimum atomic E-state index is -2.11. The fourth-order valence-electron chi connectivity index (χ4n) is 1.38. The molecule has 5 heteroatoms. The van der Waals surface area contributed by atoms with Crippen LogP contribution in [0.3, 0.4) is 0 Å². The van der Waals surface area contributed by atoms with Crippen LogP contribution in [0.5, 0.6) is 5.75 Å². The number of carboxylic acids is 1. The first-order valence-corrected chi connectivity index (χ1v) is 6.38. The van der Waals surface area contributed by atoms with Gasteiger partial charge in [-0.2, -0.15) is 0 Å². The highest BCUT2D eigenvalue weighted by atomic mass is 31.1. The maximum atomic E-state index is 11.9. The zero-order valence-corrected chi connectivity index (χ0v) is 10.2. The summed E-state index contributed by atoms with van der Waals surface area (Å²) in [5, 5.41) is 9.20. The standard InChI is InChI=1S/C13H9O4P/c14-13(15)10-5-4-8-12(9-10)18(16)17-11-6-2-1-3-7-11/h1-9H/p+1. The topological polar surface area (TPSA) is 63.6 Å². The summed E-state index contributed by atoms with van der Waals surface area (Å²) in [5.74, 6) is -0.570. The molecule has 0 aromatic heterocycles. The van der Waals surface area contributed by atoms with E-state index in [9.17, 15) is 9.36 Å². The minimum absolute atomic E-state index is 0.0903. The molecule has 0 saturated carbocycles. The number of aromatic carboxylic acids is 1. The molecule has 2 aromatic carbocycles. The molecule has 0 saturated heterocycles. The van der Waals surface area contributed by atoms with Gasteiger partial charge in [0.2, 0.25) is 5.30 Å². The lowest BCUT2D eigenvalue weighted by Gasteiger charge is -1.94. The van der Waals surface area contributed by atoms with Gasteiger partial charge in [0.05, 0.1) is 5.56 Å². The molecule has 1 unspecified atom stereocenters. The van der Waals surface area contributed by atoms with E-state index in [1.54, 1.807) is 36.4 Å². The number of para-hydroxylation sites is 1. The quantitative estimate of drug-likeness (QED) is 0.859. The van der Waals surface area contributed by atoms with Crippen LogP contribution in [0.2, 0.25) is 0 Å². The van der Waals surface area contributed by atoms with E-state index in [0.717, 1.165) is 0 Å². The maximum Gasteiger partial charge on any atom is 0.597 e. The van der Waals surface area contributed by atoms with E-state index < -0.39 is 14.0 Å². The summed E-state index contributed by atoms with van der Waals surface area (Å²) in [5.41, 5.74) is 0.0903.